The molecule has 432 valence electrons. The van der Waals surface area contributed by atoms with Gasteiger partial charge in [0.1, 0.15) is 13.2 Å². The van der Waals surface area contributed by atoms with Gasteiger partial charge in [-0.3, -0.25) is 14.4 Å². The van der Waals surface area contributed by atoms with E-state index >= 15 is 0 Å². The molecule has 0 bridgehead atoms. The maximum atomic E-state index is 12.8. The number of rotatable bonds is 58. The van der Waals surface area contributed by atoms with Gasteiger partial charge in [-0.2, -0.15) is 0 Å². The van der Waals surface area contributed by atoms with Crippen molar-refractivity contribution in [2.75, 3.05) is 13.2 Å². The molecule has 0 fully saturated rings. The van der Waals surface area contributed by atoms with Gasteiger partial charge in [-0.25, -0.2) is 0 Å². The Morgan fingerprint density at radius 2 is 0.520 bits per heavy atom. The number of unbranched alkanes of at least 4 members (excludes halogenated alkanes) is 33. The lowest BCUT2D eigenvalue weighted by Crippen LogP contribution is -2.30. The molecule has 0 aromatic rings. The SMILES string of the molecule is CC/C=C\C/C=C\C/C=C\C/C=C\C/C=C\CCCCCCCCCCCCCCCCCCCC(=O)OCC(COC(=O)CCCCCCCCCCC)OC(=O)CCCCCCC/C=C\C/C=C\CCCCC. The van der Waals surface area contributed by atoms with Gasteiger partial charge < -0.3 is 14.2 Å². The van der Waals surface area contributed by atoms with Crippen LogP contribution in [-0.2, 0) is 28.6 Å². The summed E-state index contributed by atoms with van der Waals surface area (Å²) in [6.07, 6.45) is 83.3. The first-order valence-corrected chi connectivity index (χ1v) is 32.1. The van der Waals surface area contributed by atoms with E-state index < -0.39 is 6.10 Å². The number of ether oxygens (including phenoxy) is 3. The van der Waals surface area contributed by atoms with Crippen LogP contribution >= 0.6 is 0 Å². The molecule has 0 aliphatic carbocycles. The predicted octanol–water partition coefficient (Wildman–Crippen LogP) is 21.9. The summed E-state index contributed by atoms with van der Waals surface area (Å²) in [5.74, 6) is -0.882. The van der Waals surface area contributed by atoms with Crippen molar-refractivity contribution in [2.45, 2.75) is 322 Å². The van der Waals surface area contributed by atoms with Crippen LogP contribution in [0.25, 0.3) is 0 Å². The molecular weight excluding hydrogens is 925 g/mol. The van der Waals surface area contributed by atoms with Crippen LogP contribution in [-0.4, -0.2) is 37.2 Å². The zero-order chi connectivity index (χ0) is 54.3. The molecule has 0 radical (unpaired) electrons. The summed E-state index contributed by atoms with van der Waals surface area (Å²) in [4.78, 5) is 38.1. The minimum absolute atomic E-state index is 0.0776. The summed E-state index contributed by atoms with van der Waals surface area (Å²) in [5, 5.41) is 0. The lowest BCUT2D eigenvalue weighted by molar-refractivity contribution is -0.167. The Bertz CT molecular complexity index is 1430. The number of carbonyl (C=O) groups is 3. The van der Waals surface area contributed by atoms with Crippen LogP contribution in [0.2, 0.25) is 0 Å². The zero-order valence-corrected chi connectivity index (χ0v) is 49.6. The number of allylic oxidation sites excluding steroid dienone is 14. The molecule has 0 spiro atoms. The van der Waals surface area contributed by atoms with Crippen LogP contribution in [0.5, 0.6) is 0 Å². The zero-order valence-electron chi connectivity index (χ0n) is 49.6. The Kier molecular flexibility index (Phi) is 60.3. The molecule has 0 aromatic carbocycles. The second kappa shape index (κ2) is 63.1. The van der Waals surface area contributed by atoms with Crippen LogP contribution in [0.4, 0.5) is 0 Å². The fraction of sp³-hybridized carbons (Fsp3) is 0.754. The predicted molar refractivity (Wildman–Crippen MR) is 325 cm³/mol. The van der Waals surface area contributed by atoms with Crippen molar-refractivity contribution >= 4 is 17.9 Å². The van der Waals surface area contributed by atoms with Crippen molar-refractivity contribution in [3.63, 3.8) is 0 Å². The molecule has 75 heavy (non-hydrogen) atoms. The first-order chi connectivity index (χ1) is 37.0. The van der Waals surface area contributed by atoms with E-state index in [9.17, 15) is 14.4 Å². The van der Waals surface area contributed by atoms with Crippen molar-refractivity contribution < 1.29 is 28.6 Å². The van der Waals surface area contributed by atoms with Gasteiger partial charge in [-0.15, -0.1) is 0 Å². The second-order valence-corrected chi connectivity index (χ2v) is 21.3. The van der Waals surface area contributed by atoms with Gasteiger partial charge in [0.25, 0.3) is 0 Å². The summed E-state index contributed by atoms with van der Waals surface area (Å²) in [5.41, 5.74) is 0. The Morgan fingerprint density at radius 1 is 0.280 bits per heavy atom. The van der Waals surface area contributed by atoms with Crippen LogP contribution in [0, 0.1) is 0 Å². The molecule has 0 saturated carbocycles. The molecule has 0 saturated heterocycles. The third-order valence-corrected chi connectivity index (χ3v) is 13.9. The summed E-state index contributed by atoms with van der Waals surface area (Å²) in [6, 6.07) is 0. The minimum atomic E-state index is -0.779. The molecule has 6 nitrogen and oxygen atoms in total. The molecule has 0 aliphatic rings. The molecule has 1 unspecified atom stereocenters. The first kappa shape index (κ1) is 71.6. The normalized spacial score (nSPS) is 12.6. The van der Waals surface area contributed by atoms with Crippen molar-refractivity contribution in [2.24, 2.45) is 0 Å². The van der Waals surface area contributed by atoms with Gasteiger partial charge in [0.15, 0.2) is 6.10 Å². The van der Waals surface area contributed by atoms with Crippen LogP contribution in [0.3, 0.4) is 0 Å². The van der Waals surface area contributed by atoms with Gasteiger partial charge in [-0.05, 0) is 96.3 Å². The summed E-state index contributed by atoms with van der Waals surface area (Å²) in [7, 11) is 0. The Labute approximate surface area is 465 Å². The van der Waals surface area contributed by atoms with E-state index in [0.29, 0.717) is 19.3 Å². The number of carbonyl (C=O) groups excluding carboxylic acids is 3. The Hall–Kier alpha value is -3.41. The van der Waals surface area contributed by atoms with E-state index in [-0.39, 0.29) is 31.1 Å². The summed E-state index contributed by atoms with van der Waals surface area (Å²) < 4.78 is 16.8. The highest BCUT2D eigenvalue weighted by Crippen LogP contribution is 2.17. The van der Waals surface area contributed by atoms with E-state index in [1.807, 2.05) is 0 Å². The van der Waals surface area contributed by atoms with E-state index in [4.69, 9.17) is 14.2 Å². The Balaban J connectivity index is 4.07. The van der Waals surface area contributed by atoms with Crippen molar-refractivity contribution in [1.82, 2.24) is 0 Å². The summed E-state index contributed by atoms with van der Waals surface area (Å²) >= 11 is 0. The lowest BCUT2D eigenvalue weighted by Gasteiger charge is -2.18. The van der Waals surface area contributed by atoms with Crippen LogP contribution in [0.1, 0.15) is 316 Å². The second-order valence-electron chi connectivity index (χ2n) is 21.3. The highest BCUT2D eigenvalue weighted by atomic mass is 16.6. The van der Waals surface area contributed by atoms with Crippen molar-refractivity contribution in [3.05, 3.63) is 85.1 Å². The van der Waals surface area contributed by atoms with Gasteiger partial charge in [-0.1, -0.05) is 286 Å². The topological polar surface area (TPSA) is 78.9 Å². The van der Waals surface area contributed by atoms with Gasteiger partial charge in [0, 0.05) is 19.3 Å². The molecular formula is C69H120O6. The molecule has 0 N–H and O–H groups in total. The number of esters is 3. The van der Waals surface area contributed by atoms with Crippen LogP contribution < -0.4 is 0 Å². The third kappa shape index (κ3) is 61.3. The lowest BCUT2D eigenvalue weighted by atomic mass is 10.0. The van der Waals surface area contributed by atoms with Crippen LogP contribution in [0.15, 0.2) is 85.1 Å². The summed E-state index contributed by atoms with van der Waals surface area (Å²) in [6.45, 7) is 6.49. The molecule has 0 amide bonds. The maximum Gasteiger partial charge on any atom is 0.306 e. The smallest absolute Gasteiger partial charge is 0.306 e. The largest absolute Gasteiger partial charge is 0.462 e. The quantitative estimate of drug-likeness (QED) is 0.0261. The van der Waals surface area contributed by atoms with E-state index in [0.717, 1.165) is 116 Å². The third-order valence-electron chi connectivity index (χ3n) is 13.9. The monoisotopic (exact) mass is 1040 g/mol. The first-order valence-electron chi connectivity index (χ1n) is 32.1. The standard InChI is InChI=1S/C69H120O6/c1-4-7-10-13-16-19-21-23-25-26-27-28-29-30-31-32-33-34-35-36-37-38-39-40-41-42-44-45-47-50-53-56-59-62-68(71)74-65-66(64-73-67(70)61-58-55-52-49-18-15-12-9-6-3)75-69(72)63-60-57-54-51-48-46-43-24-22-20-17-14-11-8-5-2/h7,10,16-17,19-20,23-25,27-28,30-31,43,66H,4-6,8-9,11-15,18,21-22,26,29,32-42,44-65H2,1-3H3/b10-7-,19-16-,20-17-,25-23-,28-27-,31-30-,43-24-. The van der Waals surface area contributed by atoms with E-state index in [1.165, 1.54) is 161 Å². The maximum absolute atomic E-state index is 12.8. The Morgan fingerprint density at radius 3 is 0.840 bits per heavy atom. The molecule has 6 heteroatoms. The average Bonchev–Trinajstić information content (AvgIpc) is 3.41. The van der Waals surface area contributed by atoms with Gasteiger partial charge in [0.05, 0.1) is 0 Å². The highest BCUT2D eigenvalue weighted by Gasteiger charge is 2.19. The molecule has 0 rings (SSSR count). The van der Waals surface area contributed by atoms with Crippen molar-refractivity contribution in [3.8, 4) is 0 Å². The van der Waals surface area contributed by atoms with Gasteiger partial charge in [0.2, 0.25) is 0 Å². The molecule has 1 atom stereocenters. The highest BCUT2D eigenvalue weighted by molar-refractivity contribution is 5.71. The van der Waals surface area contributed by atoms with Crippen molar-refractivity contribution in [1.29, 1.82) is 0 Å². The molecule has 0 aromatic heterocycles. The van der Waals surface area contributed by atoms with E-state index in [2.05, 4.69) is 106 Å². The molecule has 0 aliphatic heterocycles. The number of hydrogen-bond acceptors (Lipinski definition) is 6. The molecule has 0 heterocycles. The minimum Gasteiger partial charge on any atom is -0.462 e. The number of hydrogen-bond donors (Lipinski definition) is 0. The average molecular weight is 1050 g/mol. The fourth-order valence-electron chi connectivity index (χ4n) is 9.09. The fourth-order valence-corrected chi connectivity index (χ4v) is 9.09. The van der Waals surface area contributed by atoms with E-state index in [1.54, 1.807) is 0 Å². The van der Waals surface area contributed by atoms with Gasteiger partial charge >= 0.3 is 17.9 Å².